The summed E-state index contributed by atoms with van der Waals surface area (Å²) in [6.07, 6.45) is 9.02. The smallest absolute Gasteiger partial charge is 0.257 e. The van der Waals surface area contributed by atoms with Crippen molar-refractivity contribution in [1.29, 1.82) is 0 Å². The summed E-state index contributed by atoms with van der Waals surface area (Å²) in [5, 5.41) is 0. The number of benzene rings is 1. The van der Waals surface area contributed by atoms with Crippen LogP contribution in [0.15, 0.2) is 23.1 Å². The van der Waals surface area contributed by atoms with Crippen LogP contribution in [0.1, 0.15) is 61.7 Å². The van der Waals surface area contributed by atoms with E-state index in [4.69, 9.17) is 4.74 Å². The normalized spacial score (nSPS) is 22.4. The Morgan fingerprint density at radius 2 is 1.55 bits per heavy atom. The quantitative estimate of drug-likeness (QED) is 0.691. The lowest BCUT2D eigenvalue weighted by molar-refractivity contribution is 0.0570. The van der Waals surface area contributed by atoms with Crippen molar-refractivity contribution in [2.45, 2.75) is 62.3 Å². The molecular formula is C23H35N3O4S. The summed E-state index contributed by atoms with van der Waals surface area (Å²) in [7, 11) is -2.10. The molecule has 2 aliphatic heterocycles. The Bertz CT molecular complexity index is 867. The minimum Gasteiger partial charge on any atom is -0.496 e. The summed E-state index contributed by atoms with van der Waals surface area (Å²) < 4.78 is 33.5. The molecule has 0 spiro atoms. The first-order valence-corrected chi connectivity index (χ1v) is 13.2. The highest BCUT2D eigenvalue weighted by atomic mass is 32.2. The standard InChI is InChI=1S/C23H35N3O4S/c1-30-22-11-10-20(31(28,29)26-12-6-2-3-7-13-26)18-21(22)23(27)25-16-14-24(15-17-25)19-8-4-5-9-19/h10-11,18-19H,2-9,12-17H2,1H3. The van der Waals surface area contributed by atoms with Crippen LogP contribution in [0.4, 0.5) is 0 Å². The molecule has 8 heteroatoms. The van der Waals surface area contributed by atoms with E-state index in [1.807, 2.05) is 4.90 Å². The van der Waals surface area contributed by atoms with Gasteiger partial charge in [0.15, 0.2) is 0 Å². The van der Waals surface area contributed by atoms with Gasteiger partial charge in [-0.3, -0.25) is 9.69 Å². The van der Waals surface area contributed by atoms with Crippen LogP contribution in [0, 0.1) is 0 Å². The molecule has 1 amide bonds. The number of carbonyl (C=O) groups excluding carboxylic acids is 1. The molecule has 0 radical (unpaired) electrons. The van der Waals surface area contributed by atoms with Gasteiger partial charge in [0, 0.05) is 45.3 Å². The zero-order valence-electron chi connectivity index (χ0n) is 18.6. The van der Waals surface area contributed by atoms with Crippen molar-refractivity contribution in [2.24, 2.45) is 0 Å². The van der Waals surface area contributed by atoms with Crippen molar-refractivity contribution >= 4 is 15.9 Å². The summed E-state index contributed by atoms with van der Waals surface area (Å²) in [6.45, 7) is 4.18. The van der Waals surface area contributed by atoms with Crippen molar-refractivity contribution in [1.82, 2.24) is 14.1 Å². The Morgan fingerprint density at radius 1 is 0.903 bits per heavy atom. The maximum absolute atomic E-state index is 13.3. The second-order valence-electron chi connectivity index (χ2n) is 8.95. The maximum atomic E-state index is 13.3. The molecule has 1 aliphatic carbocycles. The lowest BCUT2D eigenvalue weighted by Crippen LogP contribution is -2.51. The van der Waals surface area contributed by atoms with Crippen molar-refractivity contribution in [3.8, 4) is 5.75 Å². The summed E-state index contributed by atoms with van der Waals surface area (Å²) >= 11 is 0. The minimum absolute atomic E-state index is 0.143. The summed E-state index contributed by atoms with van der Waals surface area (Å²) in [6, 6.07) is 5.36. The van der Waals surface area contributed by atoms with Gasteiger partial charge in [0.2, 0.25) is 10.0 Å². The van der Waals surface area contributed by atoms with E-state index in [-0.39, 0.29) is 10.8 Å². The first-order chi connectivity index (χ1) is 15.0. The second kappa shape index (κ2) is 9.88. The van der Waals surface area contributed by atoms with E-state index in [1.165, 1.54) is 38.9 Å². The number of sulfonamides is 1. The van der Waals surface area contributed by atoms with Gasteiger partial charge in [-0.2, -0.15) is 4.31 Å². The predicted molar refractivity (Wildman–Crippen MR) is 120 cm³/mol. The molecule has 2 heterocycles. The molecule has 0 N–H and O–H groups in total. The van der Waals surface area contributed by atoms with Gasteiger partial charge in [-0.1, -0.05) is 25.7 Å². The molecule has 1 aromatic rings. The van der Waals surface area contributed by atoms with E-state index in [1.54, 1.807) is 16.4 Å². The average Bonchev–Trinajstić information content (AvgIpc) is 3.19. The Labute approximate surface area is 186 Å². The highest BCUT2D eigenvalue weighted by Crippen LogP contribution is 2.29. The van der Waals surface area contributed by atoms with Crippen LogP contribution in [-0.2, 0) is 10.0 Å². The molecule has 2 saturated heterocycles. The summed E-state index contributed by atoms with van der Waals surface area (Å²) in [4.78, 5) is 17.9. The molecule has 3 fully saturated rings. The maximum Gasteiger partial charge on any atom is 0.257 e. The Balaban J connectivity index is 1.51. The molecule has 172 valence electrons. The molecule has 4 rings (SSSR count). The van der Waals surface area contributed by atoms with E-state index < -0.39 is 10.0 Å². The SMILES string of the molecule is COc1ccc(S(=O)(=O)N2CCCCCC2)cc1C(=O)N1CCN(C2CCCC2)CC1. The molecule has 0 aromatic heterocycles. The number of nitrogens with zero attached hydrogens (tertiary/aromatic N) is 3. The van der Waals surface area contributed by atoms with E-state index in [0.29, 0.717) is 43.5 Å². The third kappa shape index (κ3) is 4.91. The van der Waals surface area contributed by atoms with Crippen molar-refractivity contribution < 1.29 is 17.9 Å². The van der Waals surface area contributed by atoms with Gasteiger partial charge in [0.05, 0.1) is 17.6 Å². The lowest BCUT2D eigenvalue weighted by Gasteiger charge is -2.38. The first kappa shape index (κ1) is 22.6. The molecule has 0 unspecified atom stereocenters. The third-order valence-corrected chi connectivity index (χ3v) is 8.94. The van der Waals surface area contributed by atoms with Gasteiger partial charge in [-0.05, 0) is 43.9 Å². The first-order valence-electron chi connectivity index (χ1n) is 11.7. The topological polar surface area (TPSA) is 70.2 Å². The molecule has 1 aromatic carbocycles. The highest BCUT2D eigenvalue weighted by molar-refractivity contribution is 7.89. The largest absolute Gasteiger partial charge is 0.496 e. The molecule has 1 saturated carbocycles. The average molecular weight is 450 g/mol. The lowest BCUT2D eigenvalue weighted by atomic mass is 10.1. The Hall–Kier alpha value is -1.64. The minimum atomic E-state index is -3.62. The number of rotatable bonds is 5. The van der Waals surface area contributed by atoms with Crippen LogP contribution in [0.2, 0.25) is 0 Å². The van der Waals surface area contributed by atoms with E-state index in [9.17, 15) is 13.2 Å². The van der Waals surface area contributed by atoms with Crippen LogP contribution in [-0.4, -0.2) is 80.9 Å². The van der Waals surface area contributed by atoms with Crippen molar-refractivity contribution in [2.75, 3.05) is 46.4 Å². The van der Waals surface area contributed by atoms with Crippen LogP contribution in [0.5, 0.6) is 5.75 Å². The number of hydrogen-bond acceptors (Lipinski definition) is 5. The molecule has 0 atom stereocenters. The number of carbonyl (C=O) groups is 1. The number of amides is 1. The number of piperazine rings is 1. The van der Waals surface area contributed by atoms with Gasteiger partial charge in [-0.15, -0.1) is 0 Å². The molecule has 7 nitrogen and oxygen atoms in total. The summed E-state index contributed by atoms with van der Waals surface area (Å²) in [5.74, 6) is 0.286. The number of methoxy groups -OCH3 is 1. The highest BCUT2D eigenvalue weighted by Gasteiger charge is 2.31. The Morgan fingerprint density at radius 3 is 2.16 bits per heavy atom. The van der Waals surface area contributed by atoms with Gasteiger partial charge < -0.3 is 9.64 Å². The van der Waals surface area contributed by atoms with Crippen LogP contribution in [0.25, 0.3) is 0 Å². The van der Waals surface area contributed by atoms with Gasteiger partial charge in [0.1, 0.15) is 5.75 Å². The van der Waals surface area contributed by atoms with Crippen molar-refractivity contribution in [3.05, 3.63) is 23.8 Å². The van der Waals surface area contributed by atoms with Crippen molar-refractivity contribution in [3.63, 3.8) is 0 Å². The summed E-state index contributed by atoms with van der Waals surface area (Å²) in [5.41, 5.74) is 0.340. The monoisotopic (exact) mass is 449 g/mol. The fraction of sp³-hybridized carbons (Fsp3) is 0.696. The fourth-order valence-corrected chi connectivity index (χ4v) is 6.72. The number of hydrogen-bond donors (Lipinski definition) is 0. The van der Waals surface area contributed by atoms with E-state index in [0.717, 1.165) is 38.8 Å². The van der Waals surface area contributed by atoms with Crippen LogP contribution in [0.3, 0.4) is 0 Å². The zero-order valence-corrected chi connectivity index (χ0v) is 19.4. The van der Waals surface area contributed by atoms with Gasteiger partial charge in [0.25, 0.3) is 5.91 Å². The molecule has 0 bridgehead atoms. The number of ether oxygens (including phenoxy) is 1. The second-order valence-corrected chi connectivity index (χ2v) is 10.9. The Kier molecular flexibility index (Phi) is 7.19. The molecule has 31 heavy (non-hydrogen) atoms. The van der Waals surface area contributed by atoms with E-state index in [2.05, 4.69) is 4.90 Å². The van der Waals surface area contributed by atoms with Gasteiger partial charge in [-0.25, -0.2) is 8.42 Å². The third-order valence-electron chi connectivity index (χ3n) is 7.05. The van der Waals surface area contributed by atoms with Crippen LogP contribution < -0.4 is 4.74 Å². The fourth-order valence-electron chi connectivity index (χ4n) is 5.18. The molecule has 3 aliphatic rings. The van der Waals surface area contributed by atoms with Gasteiger partial charge >= 0.3 is 0 Å². The van der Waals surface area contributed by atoms with Crippen LogP contribution >= 0.6 is 0 Å². The zero-order chi connectivity index (χ0) is 21.8. The van der Waals surface area contributed by atoms with E-state index >= 15 is 0 Å². The predicted octanol–water partition coefficient (Wildman–Crippen LogP) is 2.96. The molecular weight excluding hydrogens is 414 g/mol.